The third-order valence-electron chi connectivity index (χ3n) is 9.37. The van der Waals surface area contributed by atoms with Crippen molar-refractivity contribution >= 4 is 11.7 Å². The quantitative estimate of drug-likeness (QED) is 0.259. The van der Waals surface area contributed by atoms with E-state index in [1.54, 1.807) is 19.2 Å². The molecule has 0 amide bonds. The molecule has 0 spiro atoms. The number of carboxylic acids is 1. The summed E-state index contributed by atoms with van der Waals surface area (Å²) in [7, 11) is 1.70. The minimum atomic E-state index is -0.840. The molecule has 0 radical (unpaired) electrons. The molecule has 1 saturated heterocycles. The molecule has 8 heteroatoms. The van der Waals surface area contributed by atoms with Crippen LogP contribution in [0.1, 0.15) is 65.9 Å². The first kappa shape index (κ1) is 32.1. The number of nitrogens with one attached hydrogen (secondary N) is 1. The van der Waals surface area contributed by atoms with Gasteiger partial charge in [0.25, 0.3) is 0 Å². The standard InChI is InChI=1S/C36H47FN4O3/c1-24-18-30(37)9-8-28(24)22-40-14-10-26-19-27(6-7-29(26)23-40)34-32(21-38-13-17-44-5)39-25(2)31(20-33(42)43)35(34)41-15-11-36(3,4)12-16-41/h6-9,18-19,38H,10-17,20-23H2,1-5H3,(H,42,43). The Morgan fingerprint density at radius 1 is 1.09 bits per heavy atom. The van der Waals surface area contributed by atoms with E-state index in [4.69, 9.17) is 9.72 Å². The maximum atomic E-state index is 13.7. The lowest BCUT2D eigenvalue weighted by Crippen LogP contribution is -2.38. The number of piperidine rings is 1. The van der Waals surface area contributed by atoms with E-state index in [2.05, 4.69) is 47.2 Å². The lowest BCUT2D eigenvalue weighted by atomic mass is 9.81. The van der Waals surface area contributed by atoms with Crippen molar-refractivity contribution in [3.63, 3.8) is 0 Å². The van der Waals surface area contributed by atoms with Gasteiger partial charge in [0, 0.05) is 69.7 Å². The summed E-state index contributed by atoms with van der Waals surface area (Å²) in [5, 5.41) is 13.4. The summed E-state index contributed by atoms with van der Waals surface area (Å²) in [6.45, 7) is 14.7. The Bertz CT molecular complexity index is 1500. The van der Waals surface area contributed by atoms with Gasteiger partial charge in [-0.05, 0) is 78.5 Å². The number of rotatable bonds is 11. The molecule has 236 valence electrons. The molecule has 2 N–H and O–H groups in total. The Morgan fingerprint density at radius 2 is 1.86 bits per heavy atom. The van der Waals surface area contributed by atoms with E-state index in [0.717, 1.165) is 96.9 Å². The first-order valence-corrected chi connectivity index (χ1v) is 15.8. The predicted octanol–water partition coefficient (Wildman–Crippen LogP) is 6.05. The summed E-state index contributed by atoms with van der Waals surface area (Å²) < 4.78 is 18.9. The molecule has 0 unspecified atom stereocenters. The number of aromatic nitrogens is 1. The minimum Gasteiger partial charge on any atom is -0.481 e. The van der Waals surface area contributed by atoms with Crippen LogP contribution in [0, 0.1) is 25.1 Å². The van der Waals surface area contributed by atoms with Gasteiger partial charge in [0.15, 0.2) is 0 Å². The Morgan fingerprint density at radius 3 is 2.57 bits per heavy atom. The SMILES string of the molecule is COCCNCc1nc(C)c(CC(=O)O)c(N2CCC(C)(C)CC2)c1-c1ccc2c(c1)CCN(Cc1ccc(F)cc1C)C2. The first-order chi connectivity index (χ1) is 21.0. The van der Waals surface area contributed by atoms with E-state index in [1.165, 1.54) is 11.1 Å². The molecule has 7 nitrogen and oxygen atoms in total. The molecule has 1 aromatic heterocycles. The molecule has 2 aliphatic heterocycles. The highest BCUT2D eigenvalue weighted by molar-refractivity contribution is 5.87. The van der Waals surface area contributed by atoms with Crippen molar-refractivity contribution < 1.29 is 19.0 Å². The van der Waals surface area contributed by atoms with E-state index in [1.807, 2.05) is 19.9 Å². The zero-order valence-electron chi connectivity index (χ0n) is 26.9. The second-order valence-electron chi connectivity index (χ2n) is 13.3. The summed E-state index contributed by atoms with van der Waals surface area (Å²) in [5.74, 6) is -1.03. The van der Waals surface area contributed by atoms with Crippen LogP contribution in [0.3, 0.4) is 0 Å². The van der Waals surface area contributed by atoms with E-state index < -0.39 is 5.97 Å². The van der Waals surface area contributed by atoms with Gasteiger partial charge in [-0.3, -0.25) is 14.7 Å². The number of carboxylic acid groups (broad SMARTS) is 1. The van der Waals surface area contributed by atoms with Crippen LogP contribution in [0.5, 0.6) is 0 Å². The van der Waals surface area contributed by atoms with Crippen molar-refractivity contribution in [2.24, 2.45) is 5.41 Å². The number of fused-ring (bicyclic) bond motifs is 1. The van der Waals surface area contributed by atoms with Crippen molar-refractivity contribution in [1.29, 1.82) is 0 Å². The Hall–Kier alpha value is -3.33. The molecule has 2 aliphatic rings. The third kappa shape index (κ3) is 7.48. The highest BCUT2D eigenvalue weighted by Crippen LogP contribution is 2.42. The number of aryl methyl sites for hydroxylation is 2. The van der Waals surface area contributed by atoms with Crippen molar-refractivity contribution in [2.75, 3.05) is 44.8 Å². The third-order valence-corrected chi connectivity index (χ3v) is 9.37. The van der Waals surface area contributed by atoms with Crippen LogP contribution >= 0.6 is 0 Å². The molecule has 0 aliphatic carbocycles. The van der Waals surface area contributed by atoms with Gasteiger partial charge in [0.1, 0.15) is 5.82 Å². The number of halogens is 1. The van der Waals surface area contributed by atoms with Gasteiger partial charge in [-0.15, -0.1) is 0 Å². The second-order valence-corrected chi connectivity index (χ2v) is 13.3. The number of anilines is 1. The van der Waals surface area contributed by atoms with Crippen LogP contribution in [0.4, 0.5) is 10.1 Å². The smallest absolute Gasteiger partial charge is 0.307 e. The lowest BCUT2D eigenvalue weighted by molar-refractivity contribution is -0.136. The van der Waals surface area contributed by atoms with E-state index in [-0.39, 0.29) is 17.7 Å². The lowest BCUT2D eigenvalue weighted by Gasteiger charge is -2.40. The van der Waals surface area contributed by atoms with E-state index in [9.17, 15) is 14.3 Å². The minimum absolute atomic E-state index is 0.0544. The molecule has 0 atom stereocenters. The van der Waals surface area contributed by atoms with Crippen LogP contribution < -0.4 is 10.2 Å². The predicted molar refractivity (Wildman–Crippen MR) is 174 cm³/mol. The van der Waals surface area contributed by atoms with Gasteiger partial charge in [0.2, 0.25) is 0 Å². The highest BCUT2D eigenvalue weighted by Gasteiger charge is 2.31. The Balaban J connectivity index is 1.53. The van der Waals surface area contributed by atoms with Crippen LogP contribution in [-0.4, -0.2) is 60.9 Å². The average Bonchev–Trinajstić information content (AvgIpc) is 2.97. The van der Waals surface area contributed by atoms with Crippen LogP contribution in [0.2, 0.25) is 0 Å². The fourth-order valence-electron chi connectivity index (χ4n) is 6.62. The van der Waals surface area contributed by atoms with Crippen LogP contribution in [-0.2, 0) is 42.0 Å². The zero-order valence-corrected chi connectivity index (χ0v) is 26.9. The van der Waals surface area contributed by atoms with Crippen molar-refractivity contribution in [1.82, 2.24) is 15.2 Å². The zero-order chi connectivity index (χ0) is 31.4. The summed E-state index contributed by atoms with van der Waals surface area (Å²) >= 11 is 0. The molecule has 3 aromatic rings. The summed E-state index contributed by atoms with van der Waals surface area (Å²) in [6.07, 6.45) is 2.96. The molecule has 1 fully saturated rings. The number of nitrogens with zero attached hydrogens (tertiary/aromatic N) is 3. The number of hydrogen-bond acceptors (Lipinski definition) is 6. The van der Waals surface area contributed by atoms with Gasteiger partial charge in [-0.25, -0.2) is 4.39 Å². The van der Waals surface area contributed by atoms with Crippen molar-refractivity contribution in [2.45, 2.75) is 73.0 Å². The van der Waals surface area contributed by atoms with E-state index in [0.29, 0.717) is 19.7 Å². The van der Waals surface area contributed by atoms with Gasteiger partial charge in [0.05, 0.1) is 24.4 Å². The second kappa shape index (κ2) is 13.8. The molecule has 0 bridgehead atoms. The van der Waals surface area contributed by atoms with Crippen LogP contribution in [0.25, 0.3) is 11.1 Å². The molecule has 5 rings (SSSR count). The largest absolute Gasteiger partial charge is 0.481 e. The van der Waals surface area contributed by atoms with Crippen LogP contribution in [0.15, 0.2) is 36.4 Å². The number of ether oxygens (including phenoxy) is 1. The Labute approximate surface area is 261 Å². The highest BCUT2D eigenvalue weighted by atomic mass is 19.1. The average molecular weight is 603 g/mol. The molecule has 2 aromatic carbocycles. The fraction of sp³-hybridized carbons (Fsp3) is 0.500. The molecular formula is C36H47FN4O3. The van der Waals surface area contributed by atoms with Crippen molar-refractivity contribution in [3.05, 3.63) is 81.4 Å². The van der Waals surface area contributed by atoms with Gasteiger partial charge in [-0.1, -0.05) is 38.1 Å². The molecule has 3 heterocycles. The maximum Gasteiger partial charge on any atom is 0.307 e. The monoisotopic (exact) mass is 602 g/mol. The number of aliphatic carboxylic acids is 1. The maximum absolute atomic E-state index is 13.7. The van der Waals surface area contributed by atoms with Gasteiger partial charge < -0.3 is 20.1 Å². The Kier molecular flexibility index (Phi) is 10.0. The first-order valence-electron chi connectivity index (χ1n) is 15.8. The van der Waals surface area contributed by atoms with Gasteiger partial charge in [-0.2, -0.15) is 0 Å². The topological polar surface area (TPSA) is 77.9 Å². The number of benzene rings is 2. The van der Waals surface area contributed by atoms with Gasteiger partial charge >= 0.3 is 5.97 Å². The molecule has 44 heavy (non-hydrogen) atoms. The number of hydrogen-bond donors (Lipinski definition) is 2. The fourth-order valence-corrected chi connectivity index (χ4v) is 6.62. The van der Waals surface area contributed by atoms with Crippen molar-refractivity contribution in [3.8, 4) is 11.1 Å². The number of methoxy groups -OCH3 is 1. The summed E-state index contributed by atoms with van der Waals surface area (Å²) in [6, 6.07) is 11.8. The molecule has 0 saturated carbocycles. The number of pyridine rings is 1. The number of carbonyl (C=O) groups is 1. The van der Waals surface area contributed by atoms with E-state index >= 15 is 0 Å². The summed E-state index contributed by atoms with van der Waals surface area (Å²) in [4.78, 5) is 22.0. The summed E-state index contributed by atoms with van der Waals surface area (Å²) in [5.41, 5.74) is 10.7. The normalized spacial score (nSPS) is 16.6. The molecular weight excluding hydrogens is 555 g/mol.